The lowest BCUT2D eigenvalue weighted by atomic mass is 10.1. The minimum Gasteiger partial charge on any atom is -0.314 e. The molecule has 1 aromatic heterocycles. The largest absolute Gasteiger partial charge is 0.314 e. The van der Waals surface area contributed by atoms with Gasteiger partial charge in [0.05, 0.1) is 10.7 Å². The van der Waals surface area contributed by atoms with E-state index in [4.69, 9.17) is 0 Å². The van der Waals surface area contributed by atoms with Gasteiger partial charge in [-0.15, -0.1) is 11.3 Å². The van der Waals surface area contributed by atoms with Crippen LogP contribution in [0.25, 0.3) is 0 Å². The zero-order chi connectivity index (χ0) is 12.1. The molecule has 0 aromatic carbocycles. The summed E-state index contributed by atoms with van der Waals surface area (Å²) in [5.41, 5.74) is 1.24. The molecule has 0 aliphatic carbocycles. The highest BCUT2D eigenvalue weighted by atomic mass is 32.1. The highest BCUT2D eigenvalue weighted by molar-refractivity contribution is 7.09. The number of nitrogens with one attached hydrogen (secondary N) is 1. The maximum Gasteiger partial charge on any atom is 0.0897 e. The van der Waals surface area contributed by atoms with Crippen LogP contribution in [0.1, 0.15) is 30.0 Å². The molecule has 3 nitrogen and oxygen atoms in total. The molecular formula is C13H23N3S. The topological polar surface area (TPSA) is 28.2 Å². The molecule has 0 bridgehead atoms. The third-order valence-corrected chi connectivity index (χ3v) is 4.25. The van der Waals surface area contributed by atoms with Gasteiger partial charge in [0.25, 0.3) is 0 Å². The number of aromatic nitrogens is 1. The minimum atomic E-state index is 0.708. The van der Waals surface area contributed by atoms with Crippen molar-refractivity contribution in [2.75, 3.05) is 26.7 Å². The summed E-state index contributed by atoms with van der Waals surface area (Å²) in [7, 11) is 2.22. The van der Waals surface area contributed by atoms with Crippen LogP contribution in [0.3, 0.4) is 0 Å². The molecule has 1 fully saturated rings. The highest BCUT2D eigenvalue weighted by Crippen LogP contribution is 2.11. The van der Waals surface area contributed by atoms with E-state index in [1.807, 2.05) is 0 Å². The van der Waals surface area contributed by atoms with Gasteiger partial charge in [-0.2, -0.15) is 0 Å². The SMILES string of the molecule is Cc1nc(CCNC2CCCN(C)CC2)cs1. The Kier molecular flexibility index (Phi) is 4.95. The summed E-state index contributed by atoms with van der Waals surface area (Å²) in [6.07, 6.45) is 4.99. The standard InChI is InChI=1S/C13H23N3S/c1-11-15-13(10-17-11)5-7-14-12-4-3-8-16(2)9-6-12/h10,12,14H,3-9H2,1-2H3. The molecule has 1 aliphatic heterocycles. The Labute approximate surface area is 108 Å². The quantitative estimate of drug-likeness (QED) is 0.890. The Morgan fingerprint density at radius 3 is 3.12 bits per heavy atom. The fourth-order valence-electron chi connectivity index (χ4n) is 2.37. The predicted octanol–water partition coefficient (Wildman–Crippen LogP) is 2.07. The van der Waals surface area contributed by atoms with E-state index in [9.17, 15) is 0 Å². The summed E-state index contributed by atoms with van der Waals surface area (Å²) in [6, 6.07) is 0.708. The zero-order valence-corrected chi connectivity index (χ0v) is 11.7. The van der Waals surface area contributed by atoms with Gasteiger partial charge in [-0.05, 0) is 46.3 Å². The summed E-state index contributed by atoms with van der Waals surface area (Å²) in [5.74, 6) is 0. The first-order valence-corrected chi connectivity index (χ1v) is 7.45. The Bertz CT molecular complexity index is 337. The summed E-state index contributed by atoms with van der Waals surface area (Å²) in [6.45, 7) is 5.62. The normalized spacial score (nSPS) is 22.6. The number of nitrogens with zero attached hydrogens (tertiary/aromatic N) is 2. The average molecular weight is 253 g/mol. The average Bonchev–Trinajstić information content (AvgIpc) is 2.59. The van der Waals surface area contributed by atoms with Crippen LogP contribution in [0, 0.1) is 6.92 Å². The molecule has 4 heteroatoms. The summed E-state index contributed by atoms with van der Waals surface area (Å²) in [4.78, 5) is 6.93. The number of hydrogen-bond donors (Lipinski definition) is 1. The van der Waals surface area contributed by atoms with Crippen molar-refractivity contribution in [1.29, 1.82) is 0 Å². The number of hydrogen-bond acceptors (Lipinski definition) is 4. The van der Waals surface area contributed by atoms with Crippen LogP contribution in [0.5, 0.6) is 0 Å². The molecule has 96 valence electrons. The fraction of sp³-hybridized carbons (Fsp3) is 0.769. The van der Waals surface area contributed by atoms with Gasteiger partial charge in [0.1, 0.15) is 0 Å². The molecule has 1 saturated heterocycles. The third kappa shape index (κ3) is 4.37. The first-order chi connectivity index (χ1) is 8.24. The van der Waals surface area contributed by atoms with Crippen LogP contribution in [0.4, 0.5) is 0 Å². The van der Waals surface area contributed by atoms with Gasteiger partial charge in [0.15, 0.2) is 0 Å². The molecule has 17 heavy (non-hydrogen) atoms. The second-order valence-corrected chi connectivity index (χ2v) is 6.06. The van der Waals surface area contributed by atoms with Crippen molar-refractivity contribution < 1.29 is 0 Å². The lowest BCUT2D eigenvalue weighted by Crippen LogP contribution is -2.31. The van der Waals surface area contributed by atoms with E-state index in [0.717, 1.165) is 13.0 Å². The van der Waals surface area contributed by atoms with Gasteiger partial charge in [0, 0.05) is 24.4 Å². The van der Waals surface area contributed by atoms with Crippen molar-refractivity contribution in [3.05, 3.63) is 16.1 Å². The molecule has 1 atom stereocenters. The van der Waals surface area contributed by atoms with Crippen LogP contribution < -0.4 is 5.32 Å². The smallest absolute Gasteiger partial charge is 0.0897 e. The van der Waals surface area contributed by atoms with Crippen molar-refractivity contribution in [1.82, 2.24) is 15.2 Å². The fourth-order valence-corrected chi connectivity index (χ4v) is 3.02. The maximum atomic E-state index is 4.49. The molecule has 1 N–H and O–H groups in total. The summed E-state index contributed by atoms with van der Waals surface area (Å²) in [5, 5.41) is 7.03. The molecule has 2 rings (SSSR count). The summed E-state index contributed by atoms with van der Waals surface area (Å²) < 4.78 is 0. The lowest BCUT2D eigenvalue weighted by molar-refractivity contribution is 0.344. The predicted molar refractivity (Wildman–Crippen MR) is 73.7 cm³/mol. The van der Waals surface area contributed by atoms with E-state index in [-0.39, 0.29) is 0 Å². The van der Waals surface area contributed by atoms with E-state index >= 15 is 0 Å². The summed E-state index contributed by atoms with van der Waals surface area (Å²) >= 11 is 1.75. The highest BCUT2D eigenvalue weighted by Gasteiger charge is 2.13. The molecular weight excluding hydrogens is 230 g/mol. The van der Waals surface area contributed by atoms with Crippen LogP contribution in [0.2, 0.25) is 0 Å². The van der Waals surface area contributed by atoms with Crippen molar-refractivity contribution in [2.45, 2.75) is 38.6 Å². The molecule has 1 unspecified atom stereocenters. The van der Waals surface area contributed by atoms with E-state index in [1.165, 1.54) is 43.1 Å². The first-order valence-electron chi connectivity index (χ1n) is 6.57. The molecule has 2 heterocycles. The lowest BCUT2D eigenvalue weighted by Gasteiger charge is -2.16. The molecule has 0 spiro atoms. The number of aryl methyl sites for hydroxylation is 1. The van der Waals surface area contributed by atoms with E-state index in [1.54, 1.807) is 11.3 Å². The van der Waals surface area contributed by atoms with E-state index < -0.39 is 0 Å². The Morgan fingerprint density at radius 1 is 1.47 bits per heavy atom. The molecule has 0 saturated carbocycles. The van der Waals surface area contributed by atoms with Crippen LogP contribution in [-0.2, 0) is 6.42 Å². The van der Waals surface area contributed by atoms with E-state index in [2.05, 4.69) is 34.6 Å². The maximum absolute atomic E-state index is 4.49. The van der Waals surface area contributed by atoms with Gasteiger partial charge in [0.2, 0.25) is 0 Å². The van der Waals surface area contributed by atoms with Gasteiger partial charge in [-0.25, -0.2) is 4.98 Å². The van der Waals surface area contributed by atoms with Gasteiger partial charge >= 0.3 is 0 Å². The molecule has 1 aromatic rings. The Morgan fingerprint density at radius 2 is 2.35 bits per heavy atom. The molecule has 1 aliphatic rings. The number of likely N-dealkylation sites (tertiary alicyclic amines) is 1. The Balaban J connectivity index is 1.67. The van der Waals surface area contributed by atoms with Crippen molar-refractivity contribution >= 4 is 11.3 Å². The van der Waals surface area contributed by atoms with Crippen molar-refractivity contribution in [2.24, 2.45) is 0 Å². The van der Waals surface area contributed by atoms with Crippen LogP contribution in [0.15, 0.2) is 5.38 Å². The minimum absolute atomic E-state index is 0.708. The van der Waals surface area contributed by atoms with Crippen LogP contribution in [-0.4, -0.2) is 42.6 Å². The number of thiazole rings is 1. The Hall–Kier alpha value is -0.450. The molecule has 0 amide bonds. The van der Waals surface area contributed by atoms with Crippen molar-refractivity contribution in [3.8, 4) is 0 Å². The van der Waals surface area contributed by atoms with Gasteiger partial charge in [-0.1, -0.05) is 0 Å². The monoisotopic (exact) mass is 253 g/mol. The second-order valence-electron chi connectivity index (χ2n) is 4.99. The first kappa shape index (κ1) is 13.0. The van der Waals surface area contributed by atoms with Gasteiger partial charge < -0.3 is 10.2 Å². The third-order valence-electron chi connectivity index (χ3n) is 3.43. The van der Waals surface area contributed by atoms with Gasteiger partial charge in [-0.3, -0.25) is 0 Å². The zero-order valence-electron chi connectivity index (χ0n) is 10.9. The molecule has 0 radical (unpaired) electrons. The van der Waals surface area contributed by atoms with E-state index in [0.29, 0.717) is 6.04 Å². The number of rotatable bonds is 4. The van der Waals surface area contributed by atoms with Crippen molar-refractivity contribution in [3.63, 3.8) is 0 Å². The second kappa shape index (κ2) is 6.47. The van der Waals surface area contributed by atoms with Crippen LogP contribution >= 0.6 is 11.3 Å².